The maximum absolute atomic E-state index is 13.5. The van der Waals surface area contributed by atoms with Crippen LogP contribution in [0.15, 0.2) is 109 Å². The fourth-order valence-electron chi connectivity index (χ4n) is 13.1. The number of unbranched alkanes of at least 4 members (excludes halogenated alkanes) is 31. The van der Waals surface area contributed by atoms with E-state index in [1.54, 1.807) is 6.08 Å². The summed E-state index contributed by atoms with van der Waals surface area (Å²) in [6.07, 6.45) is 60.8. The van der Waals surface area contributed by atoms with Gasteiger partial charge in [-0.1, -0.05) is 290 Å². The minimum absolute atomic E-state index is 0.215. The lowest BCUT2D eigenvalue weighted by Crippen LogP contribution is -2.66. The Morgan fingerprint density at radius 1 is 0.359 bits per heavy atom. The van der Waals surface area contributed by atoms with Crippen LogP contribution in [0.5, 0.6) is 0 Å². The van der Waals surface area contributed by atoms with Gasteiger partial charge in [0.15, 0.2) is 18.9 Å². The Morgan fingerprint density at radius 2 is 0.680 bits per heavy atom. The first kappa shape index (κ1) is 93.7. The Kier molecular flexibility index (Phi) is 57.6. The van der Waals surface area contributed by atoms with Gasteiger partial charge in [0.25, 0.3) is 0 Å². The minimum Gasteiger partial charge on any atom is -0.394 e. The van der Waals surface area contributed by atoms with E-state index in [0.29, 0.717) is 12.8 Å². The average molecular weight is 1460 g/mol. The van der Waals surface area contributed by atoms with Crippen LogP contribution < -0.4 is 5.32 Å². The molecule has 3 aliphatic rings. The molecule has 0 spiro atoms. The Balaban J connectivity index is 1.40. The number of aliphatic hydroxyl groups excluding tert-OH is 11. The summed E-state index contributed by atoms with van der Waals surface area (Å²) in [7, 11) is 0. The van der Waals surface area contributed by atoms with Crippen molar-refractivity contribution >= 4 is 5.91 Å². The summed E-state index contributed by atoms with van der Waals surface area (Å²) < 4.78 is 34.4. The van der Waals surface area contributed by atoms with E-state index in [1.165, 1.54) is 141 Å². The molecule has 103 heavy (non-hydrogen) atoms. The maximum atomic E-state index is 13.5. The van der Waals surface area contributed by atoms with Crippen molar-refractivity contribution < 1.29 is 89.4 Å². The predicted octanol–water partition coefficient (Wildman–Crippen LogP) is 13.7. The fourth-order valence-corrected chi connectivity index (χ4v) is 13.1. The number of allylic oxidation sites excluding steroid dienone is 17. The summed E-state index contributed by atoms with van der Waals surface area (Å²) >= 11 is 0. The molecule has 0 aromatic carbocycles. The highest BCUT2D eigenvalue weighted by Gasteiger charge is 2.54. The molecule has 3 rings (SSSR count). The Hall–Kier alpha value is -3.55. The SMILES string of the molecule is CC/C=C\C/C=C\C/C=C\C/C=C\C/C=C\C/C=C\CCCCCCCCCCC(=O)NC(COC1OC(CO)C(OC2OC(CO)C(OC3OC(CO)C(O)C(O)C3O)C(O)C2O)C(O)C1O)C(O)/C=C/CC/C=C/CC/C=C/CCCCCCCCCCCCCCCCCCCCCCC. The molecular weight excluding hydrogens is 1310 g/mol. The molecule has 594 valence electrons. The van der Waals surface area contributed by atoms with Gasteiger partial charge in [0.05, 0.1) is 38.6 Å². The molecule has 1 amide bonds. The molecule has 17 atom stereocenters. The molecule has 3 fully saturated rings. The summed E-state index contributed by atoms with van der Waals surface area (Å²) in [5.41, 5.74) is 0. The van der Waals surface area contributed by atoms with E-state index in [-0.39, 0.29) is 18.9 Å². The molecule has 17 unspecified atom stereocenters. The number of rotatable bonds is 63. The van der Waals surface area contributed by atoms with Gasteiger partial charge in [0.2, 0.25) is 5.91 Å². The largest absolute Gasteiger partial charge is 0.394 e. The number of hydrogen-bond acceptors (Lipinski definition) is 18. The van der Waals surface area contributed by atoms with Gasteiger partial charge in [-0.25, -0.2) is 0 Å². The van der Waals surface area contributed by atoms with Crippen LogP contribution in [0.4, 0.5) is 0 Å². The van der Waals surface area contributed by atoms with Crippen LogP contribution in [-0.4, -0.2) is 193 Å². The summed E-state index contributed by atoms with van der Waals surface area (Å²) in [5.74, 6) is -0.301. The van der Waals surface area contributed by atoms with Crippen LogP contribution in [0.2, 0.25) is 0 Å². The third-order valence-corrected chi connectivity index (χ3v) is 19.5. The number of amides is 1. The zero-order valence-electron chi connectivity index (χ0n) is 63.5. The Bertz CT molecular complexity index is 2290. The van der Waals surface area contributed by atoms with Crippen LogP contribution in [0.25, 0.3) is 0 Å². The van der Waals surface area contributed by atoms with Gasteiger partial charge < -0.3 is 89.9 Å². The van der Waals surface area contributed by atoms with Gasteiger partial charge in [-0.2, -0.15) is 0 Å². The molecule has 0 radical (unpaired) electrons. The Morgan fingerprint density at radius 3 is 1.09 bits per heavy atom. The summed E-state index contributed by atoms with van der Waals surface area (Å²) in [4.78, 5) is 13.5. The van der Waals surface area contributed by atoms with Crippen molar-refractivity contribution in [3.63, 3.8) is 0 Å². The molecule has 3 heterocycles. The van der Waals surface area contributed by atoms with E-state index in [2.05, 4.69) is 116 Å². The Labute approximate surface area is 621 Å². The fraction of sp³-hybridized carbons (Fsp3) is 0.774. The first-order valence-electron chi connectivity index (χ1n) is 40.6. The highest BCUT2D eigenvalue weighted by Crippen LogP contribution is 2.33. The molecule has 3 aliphatic heterocycles. The maximum Gasteiger partial charge on any atom is 0.220 e. The van der Waals surface area contributed by atoms with E-state index in [1.807, 2.05) is 6.08 Å². The van der Waals surface area contributed by atoms with Crippen molar-refractivity contribution in [3.05, 3.63) is 109 Å². The van der Waals surface area contributed by atoms with Crippen molar-refractivity contribution in [2.75, 3.05) is 26.4 Å². The number of hydrogen-bond donors (Lipinski definition) is 12. The lowest BCUT2D eigenvalue weighted by atomic mass is 9.96. The summed E-state index contributed by atoms with van der Waals surface area (Å²) in [5, 5.41) is 121. The lowest BCUT2D eigenvalue weighted by molar-refractivity contribution is -0.379. The van der Waals surface area contributed by atoms with Crippen molar-refractivity contribution in [2.24, 2.45) is 0 Å². The second kappa shape index (κ2) is 63.4. The topological polar surface area (TPSA) is 307 Å². The summed E-state index contributed by atoms with van der Waals surface area (Å²) in [6.45, 7) is 1.61. The second-order valence-electron chi connectivity index (χ2n) is 28.5. The normalized spacial score (nSPS) is 26.6. The van der Waals surface area contributed by atoms with E-state index in [9.17, 15) is 61.0 Å². The number of nitrogens with one attached hydrogen (secondary N) is 1. The van der Waals surface area contributed by atoms with Gasteiger partial charge in [0.1, 0.15) is 73.2 Å². The van der Waals surface area contributed by atoms with E-state index < -0.39 is 124 Å². The third kappa shape index (κ3) is 43.3. The van der Waals surface area contributed by atoms with Crippen LogP contribution in [0.3, 0.4) is 0 Å². The zero-order chi connectivity index (χ0) is 74.6. The highest BCUT2D eigenvalue weighted by atomic mass is 16.8. The first-order valence-corrected chi connectivity index (χ1v) is 40.6. The molecule has 12 N–H and O–H groups in total. The van der Waals surface area contributed by atoms with Gasteiger partial charge in [0, 0.05) is 6.42 Å². The molecule has 19 nitrogen and oxygen atoms in total. The van der Waals surface area contributed by atoms with E-state index >= 15 is 0 Å². The van der Waals surface area contributed by atoms with Gasteiger partial charge >= 0.3 is 0 Å². The standard InChI is InChI=1S/C84H145NO18/c1-3-5-7-9-11-13-15-17-19-21-23-25-27-29-31-32-33-34-36-37-39-41-43-45-47-49-51-53-55-57-59-61-68(89)67(85-72(90)62-60-58-56-54-52-50-48-46-44-42-40-38-35-30-28-26-24-22-20-18-16-14-12-10-8-6-4-2)66-98-82-78(96)75(93)80(70(64-87)100-82)103-84-79(97)76(94)81(71(65-88)101-84)102-83-77(95)74(92)73(91)69(63-86)99-83/h6,8,12,14,18,20,24,26,30,35,40,42-43,45,51,53,59,61,67-71,73-84,86-89,91-97H,3-5,7,9-11,13,15-17,19,21-23,25,27-29,31-34,36-39,41,44,46-50,52,54-58,60,62-66H2,1-2H3,(H,85,90)/b8-6-,14-12-,20-18-,26-24-,35-30-,42-40-,45-43+,53-51+,61-59+. The first-order chi connectivity index (χ1) is 50.3. The van der Waals surface area contributed by atoms with E-state index in [4.69, 9.17) is 28.4 Å². The van der Waals surface area contributed by atoms with E-state index in [0.717, 1.165) is 109 Å². The van der Waals surface area contributed by atoms with Crippen LogP contribution in [0.1, 0.15) is 284 Å². The predicted molar refractivity (Wildman–Crippen MR) is 410 cm³/mol. The number of aliphatic hydroxyl groups is 11. The molecule has 3 saturated heterocycles. The van der Waals surface area contributed by atoms with Gasteiger partial charge in [-0.05, 0) is 96.3 Å². The summed E-state index contributed by atoms with van der Waals surface area (Å²) in [6, 6.07) is -1.01. The highest BCUT2D eigenvalue weighted by molar-refractivity contribution is 5.76. The van der Waals surface area contributed by atoms with Crippen LogP contribution >= 0.6 is 0 Å². The quantitative estimate of drug-likeness (QED) is 0.0199. The molecule has 0 saturated carbocycles. The zero-order valence-corrected chi connectivity index (χ0v) is 63.5. The third-order valence-electron chi connectivity index (χ3n) is 19.5. The van der Waals surface area contributed by atoms with Crippen LogP contribution in [-0.2, 0) is 33.2 Å². The molecule has 19 heteroatoms. The number of carbonyl (C=O) groups is 1. The molecule has 0 aromatic rings. The van der Waals surface area contributed by atoms with Crippen molar-refractivity contribution in [2.45, 2.75) is 388 Å². The lowest BCUT2D eigenvalue weighted by Gasteiger charge is -2.48. The average Bonchev–Trinajstić information content (AvgIpc) is 0.781. The number of carbonyl (C=O) groups excluding carboxylic acids is 1. The number of ether oxygens (including phenoxy) is 6. The van der Waals surface area contributed by atoms with Crippen molar-refractivity contribution in [1.29, 1.82) is 0 Å². The smallest absolute Gasteiger partial charge is 0.220 e. The molecule has 0 aliphatic carbocycles. The van der Waals surface area contributed by atoms with Crippen LogP contribution in [0, 0.1) is 0 Å². The van der Waals surface area contributed by atoms with Crippen molar-refractivity contribution in [1.82, 2.24) is 5.32 Å². The molecular formula is C84H145NO18. The molecule has 0 aromatic heterocycles. The van der Waals surface area contributed by atoms with Gasteiger partial charge in [-0.3, -0.25) is 4.79 Å². The van der Waals surface area contributed by atoms with Gasteiger partial charge in [-0.15, -0.1) is 0 Å². The minimum atomic E-state index is -1.99. The van der Waals surface area contributed by atoms with Crippen molar-refractivity contribution in [3.8, 4) is 0 Å². The molecule has 0 bridgehead atoms. The monoisotopic (exact) mass is 1460 g/mol. The second-order valence-corrected chi connectivity index (χ2v) is 28.5.